The SMILES string of the molecule is COc1ccc(C(C)(C)C)cc1/C(O)=C1\C(=O)C(=O)N(c2cccc(F)c2)C1c1cccnc1. The van der Waals surface area contributed by atoms with Crippen molar-refractivity contribution in [1.82, 2.24) is 4.98 Å². The van der Waals surface area contributed by atoms with Gasteiger partial charge < -0.3 is 9.84 Å². The van der Waals surface area contributed by atoms with Crippen LogP contribution in [0.25, 0.3) is 5.76 Å². The van der Waals surface area contributed by atoms with Crippen molar-refractivity contribution in [2.45, 2.75) is 32.2 Å². The Kier molecular flexibility index (Phi) is 5.96. The molecule has 1 amide bonds. The Morgan fingerprint density at radius 1 is 1.09 bits per heavy atom. The number of anilines is 1. The zero-order valence-corrected chi connectivity index (χ0v) is 19.4. The molecule has 1 aliphatic heterocycles. The number of carbonyl (C=O) groups is 2. The zero-order valence-electron chi connectivity index (χ0n) is 19.4. The Hall–Kier alpha value is -4.00. The molecule has 0 radical (unpaired) electrons. The number of halogens is 1. The second-order valence-corrected chi connectivity index (χ2v) is 9.10. The first kappa shape index (κ1) is 23.2. The molecule has 1 unspecified atom stereocenters. The van der Waals surface area contributed by atoms with Gasteiger partial charge >= 0.3 is 0 Å². The summed E-state index contributed by atoms with van der Waals surface area (Å²) in [5.41, 5.74) is 1.54. The molecule has 6 nitrogen and oxygen atoms in total. The van der Waals surface area contributed by atoms with Crippen molar-refractivity contribution in [2.75, 3.05) is 12.0 Å². The molecule has 34 heavy (non-hydrogen) atoms. The van der Waals surface area contributed by atoms with Crippen LogP contribution >= 0.6 is 0 Å². The fourth-order valence-corrected chi connectivity index (χ4v) is 4.08. The van der Waals surface area contributed by atoms with Crippen LogP contribution in [0.2, 0.25) is 0 Å². The number of methoxy groups -OCH3 is 1. The van der Waals surface area contributed by atoms with Gasteiger partial charge in [0, 0.05) is 18.1 Å². The van der Waals surface area contributed by atoms with E-state index in [9.17, 15) is 19.1 Å². The largest absolute Gasteiger partial charge is 0.507 e. The molecular formula is C27H25FN2O4. The molecule has 1 atom stereocenters. The highest BCUT2D eigenvalue weighted by Crippen LogP contribution is 2.43. The first-order chi connectivity index (χ1) is 16.1. The summed E-state index contributed by atoms with van der Waals surface area (Å²) in [6.45, 7) is 6.07. The standard InChI is InChI=1S/C27H25FN2O4/c1-27(2,3)17-10-11-21(34-4)20(13-17)24(31)22-23(16-7-6-12-29-15-16)30(26(33)25(22)32)19-9-5-8-18(28)14-19/h5-15,23,31H,1-4H3/b24-22+. The molecule has 0 saturated carbocycles. The number of aromatic nitrogens is 1. The van der Waals surface area contributed by atoms with Gasteiger partial charge in [0.2, 0.25) is 0 Å². The number of aliphatic hydroxyl groups is 1. The van der Waals surface area contributed by atoms with E-state index in [-0.39, 0.29) is 22.4 Å². The van der Waals surface area contributed by atoms with Gasteiger partial charge in [-0.3, -0.25) is 19.5 Å². The molecule has 4 rings (SSSR count). The van der Waals surface area contributed by atoms with Crippen molar-refractivity contribution >= 4 is 23.1 Å². The molecule has 2 heterocycles. The van der Waals surface area contributed by atoms with Crippen LogP contribution in [0.1, 0.15) is 43.5 Å². The molecule has 1 N–H and O–H groups in total. The normalized spacial score (nSPS) is 17.8. The van der Waals surface area contributed by atoms with Gasteiger partial charge in [-0.25, -0.2) is 4.39 Å². The Bertz CT molecular complexity index is 1300. The first-order valence-corrected chi connectivity index (χ1v) is 10.8. The summed E-state index contributed by atoms with van der Waals surface area (Å²) in [5, 5.41) is 11.5. The fraction of sp³-hybridized carbons (Fsp3) is 0.222. The number of ether oxygens (including phenoxy) is 1. The predicted octanol–water partition coefficient (Wildman–Crippen LogP) is 5.15. The lowest BCUT2D eigenvalue weighted by Crippen LogP contribution is -2.29. The first-order valence-electron chi connectivity index (χ1n) is 10.8. The van der Waals surface area contributed by atoms with Gasteiger partial charge in [0.05, 0.1) is 24.3 Å². The van der Waals surface area contributed by atoms with E-state index in [2.05, 4.69) is 4.98 Å². The predicted molar refractivity (Wildman–Crippen MR) is 127 cm³/mol. The average Bonchev–Trinajstić information content (AvgIpc) is 3.08. The van der Waals surface area contributed by atoms with Crippen LogP contribution in [-0.4, -0.2) is 28.9 Å². The van der Waals surface area contributed by atoms with Crippen molar-refractivity contribution in [1.29, 1.82) is 0 Å². The van der Waals surface area contributed by atoms with E-state index in [4.69, 9.17) is 4.74 Å². The molecule has 2 aromatic carbocycles. The van der Waals surface area contributed by atoms with Crippen molar-refractivity contribution in [3.8, 4) is 5.75 Å². The molecule has 1 aliphatic rings. The Balaban J connectivity index is 1.99. The molecular weight excluding hydrogens is 435 g/mol. The Morgan fingerprint density at radius 3 is 2.47 bits per heavy atom. The van der Waals surface area contributed by atoms with Crippen LogP contribution < -0.4 is 9.64 Å². The Morgan fingerprint density at radius 2 is 1.85 bits per heavy atom. The molecule has 1 aromatic heterocycles. The molecule has 174 valence electrons. The summed E-state index contributed by atoms with van der Waals surface area (Å²) in [6.07, 6.45) is 3.08. The summed E-state index contributed by atoms with van der Waals surface area (Å²) in [5.74, 6) is -2.31. The maximum atomic E-state index is 14.0. The number of ketones is 1. The van der Waals surface area contributed by atoms with E-state index in [0.717, 1.165) is 5.56 Å². The van der Waals surface area contributed by atoms with Gasteiger partial charge in [0.1, 0.15) is 17.3 Å². The third-order valence-corrected chi connectivity index (χ3v) is 5.85. The van der Waals surface area contributed by atoms with Gasteiger partial charge in [-0.05, 0) is 52.9 Å². The molecule has 1 fully saturated rings. The smallest absolute Gasteiger partial charge is 0.300 e. The van der Waals surface area contributed by atoms with Crippen molar-refractivity contribution in [2.24, 2.45) is 0 Å². The second kappa shape index (κ2) is 8.74. The summed E-state index contributed by atoms with van der Waals surface area (Å²) >= 11 is 0. The van der Waals surface area contributed by atoms with Crippen LogP contribution in [0, 0.1) is 5.82 Å². The number of benzene rings is 2. The van der Waals surface area contributed by atoms with E-state index >= 15 is 0 Å². The highest BCUT2D eigenvalue weighted by Gasteiger charge is 2.47. The van der Waals surface area contributed by atoms with Gasteiger partial charge in [-0.15, -0.1) is 0 Å². The maximum Gasteiger partial charge on any atom is 0.300 e. The molecule has 0 aliphatic carbocycles. The number of aliphatic hydroxyl groups excluding tert-OH is 1. The summed E-state index contributed by atoms with van der Waals surface area (Å²) in [4.78, 5) is 31.8. The van der Waals surface area contributed by atoms with Gasteiger partial charge in [0.15, 0.2) is 0 Å². The number of nitrogens with zero attached hydrogens (tertiary/aromatic N) is 2. The highest BCUT2D eigenvalue weighted by molar-refractivity contribution is 6.51. The third-order valence-electron chi connectivity index (χ3n) is 5.85. The minimum absolute atomic E-state index is 0.119. The number of Topliss-reactive ketones (excluding diaryl/α,β-unsaturated/α-hetero) is 1. The maximum absolute atomic E-state index is 14.0. The fourth-order valence-electron chi connectivity index (χ4n) is 4.08. The van der Waals surface area contributed by atoms with Crippen molar-refractivity contribution < 1.29 is 23.8 Å². The number of pyridine rings is 1. The van der Waals surface area contributed by atoms with Gasteiger partial charge in [0.25, 0.3) is 11.7 Å². The van der Waals surface area contributed by atoms with Crippen molar-refractivity contribution in [3.05, 3.63) is 95.1 Å². The monoisotopic (exact) mass is 460 g/mol. The van der Waals surface area contributed by atoms with E-state index in [1.54, 1.807) is 36.5 Å². The number of amides is 1. The minimum Gasteiger partial charge on any atom is -0.507 e. The number of rotatable bonds is 4. The summed E-state index contributed by atoms with van der Waals surface area (Å²) in [7, 11) is 1.47. The van der Waals surface area contributed by atoms with E-state index < -0.39 is 23.5 Å². The average molecular weight is 461 g/mol. The van der Waals surface area contributed by atoms with Crippen LogP contribution in [0.4, 0.5) is 10.1 Å². The Labute approximate surface area is 197 Å². The number of hydrogen-bond acceptors (Lipinski definition) is 5. The lowest BCUT2D eigenvalue weighted by Gasteiger charge is -2.25. The number of hydrogen-bond donors (Lipinski definition) is 1. The quantitative estimate of drug-likeness (QED) is 0.331. The third kappa shape index (κ3) is 4.05. The van der Waals surface area contributed by atoms with Gasteiger partial charge in [-0.1, -0.05) is 39.0 Å². The van der Waals surface area contributed by atoms with E-state index in [0.29, 0.717) is 16.9 Å². The molecule has 0 spiro atoms. The molecule has 7 heteroatoms. The van der Waals surface area contributed by atoms with Crippen molar-refractivity contribution in [3.63, 3.8) is 0 Å². The van der Waals surface area contributed by atoms with Crippen LogP contribution in [0.15, 0.2) is 72.6 Å². The number of carbonyl (C=O) groups excluding carboxylic acids is 2. The lowest BCUT2D eigenvalue weighted by atomic mass is 9.85. The van der Waals surface area contributed by atoms with E-state index in [1.165, 1.54) is 36.4 Å². The summed E-state index contributed by atoms with van der Waals surface area (Å²) < 4.78 is 19.5. The molecule has 3 aromatic rings. The lowest BCUT2D eigenvalue weighted by molar-refractivity contribution is -0.132. The topological polar surface area (TPSA) is 79.7 Å². The van der Waals surface area contributed by atoms with Crippen LogP contribution in [-0.2, 0) is 15.0 Å². The zero-order chi connectivity index (χ0) is 24.6. The second-order valence-electron chi connectivity index (χ2n) is 9.10. The van der Waals surface area contributed by atoms with Crippen LogP contribution in [0.3, 0.4) is 0 Å². The van der Waals surface area contributed by atoms with Crippen LogP contribution in [0.5, 0.6) is 5.75 Å². The van der Waals surface area contributed by atoms with E-state index in [1.807, 2.05) is 26.8 Å². The molecule has 1 saturated heterocycles. The molecule has 0 bridgehead atoms. The van der Waals surface area contributed by atoms with Gasteiger partial charge in [-0.2, -0.15) is 0 Å². The minimum atomic E-state index is -1.00. The summed E-state index contributed by atoms with van der Waals surface area (Å²) in [6, 6.07) is 13.2. The highest BCUT2D eigenvalue weighted by atomic mass is 19.1.